The first-order valence-corrected chi connectivity index (χ1v) is 8.76. The van der Waals surface area contributed by atoms with Crippen molar-refractivity contribution in [1.29, 1.82) is 0 Å². The number of hydrogen-bond acceptors (Lipinski definition) is 4. The van der Waals surface area contributed by atoms with Gasteiger partial charge in [-0.05, 0) is 33.1 Å². The van der Waals surface area contributed by atoms with Crippen LogP contribution >= 0.6 is 0 Å². The van der Waals surface area contributed by atoms with Gasteiger partial charge in [0.2, 0.25) is 0 Å². The van der Waals surface area contributed by atoms with Crippen molar-refractivity contribution in [2.24, 2.45) is 5.92 Å². The fourth-order valence-electron chi connectivity index (χ4n) is 3.30. The summed E-state index contributed by atoms with van der Waals surface area (Å²) in [7, 11) is 0. The Morgan fingerprint density at radius 2 is 2.20 bits per heavy atom. The number of amides is 2. The Morgan fingerprint density at radius 3 is 2.88 bits per heavy atom. The predicted molar refractivity (Wildman–Crippen MR) is 93.9 cm³/mol. The van der Waals surface area contributed by atoms with Gasteiger partial charge in [0.15, 0.2) is 0 Å². The molecule has 1 aliphatic heterocycles. The molecule has 2 amide bonds. The molecule has 136 valence electrons. The zero-order chi connectivity index (χ0) is 18.0. The summed E-state index contributed by atoms with van der Waals surface area (Å²) in [6.45, 7) is 10.3. The number of hydrogen-bond donors (Lipinski definition) is 1. The molecular formula is C17H27N7O. The van der Waals surface area contributed by atoms with E-state index in [1.165, 1.54) is 6.33 Å². The molecule has 3 heterocycles. The Labute approximate surface area is 148 Å². The lowest BCUT2D eigenvalue weighted by Crippen LogP contribution is -2.48. The molecule has 1 N–H and O–H groups in total. The number of urea groups is 1. The van der Waals surface area contributed by atoms with Gasteiger partial charge in [0.25, 0.3) is 0 Å². The molecule has 8 heteroatoms. The van der Waals surface area contributed by atoms with Crippen LogP contribution in [0.15, 0.2) is 25.0 Å². The second-order valence-corrected chi connectivity index (χ2v) is 7.71. The number of carbonyl (C=O) groups excluding carboxylic acids is 1. The Hall–Kier alpha value is -2.38. The van der Waals surface area contributed by atoms with E-state index in [0.29, 0.717) is 19.0 Å². The number of piperidine rings is 1. The normalized spacial score (nSPS) is 21.4. The summed E-state index contributed by atoms with van der Waals surface area (Å²) in [5.41, 5.74) is -0.163. The van der Waals surface area contributed by atoms with E-state index in [1.54, 1.807) is 6.20 Å². The van der Waals surface area contributed by atoms with Gasteiger partial charge in [0.05, 0.1) is 24.5 Å². The molecule has 1 aliphatic rings. The SMILES string of the molecule is CC1CCN(C(=O)NCc2ncnn2C(C)(C)C)CC1n1ccnc1. The molecule has 2 atom stereocenters. The van der Waals surface area contributed by atoms with Crippen molar-refractivity contribution in [3.63, 3.8) is 0 Å². The molecule has 1 fully saturated rings. The van der Waals surface area contributed by atoms with Crippen LogP contribution in [0.2, 0.25) is 0 Å². The molecule has 3 rings (SSSR count). The van der Waals surface area contributed by atoms with Crippen LogP contribution in [0.4, 0.5) is 4.79 Å². The first-order valence-electron chi connectivity index (χ1n) is 8.76. The summed E-state index contributed by atoms with van der Waals surface area (Å²) >= 11 is 0. The van der Waals surface area contributed by atoms with Gasteiger partial charge >= 0.3 is 6.03 Å². The van der Waals surface area contributed by atoms with Gasteiger partial charge in [-0.2, -0.15) is 5.10 Å². The van der Waals surface area contributed by atoms with Crippen LogP contribution in [0.5, 0.6) is 0 Å². The smallest absolute Gasteiger partial charge is 0.317 e. The highest BCUT2D eigenvalue weighted by atomic mass is 16.2. The molecule has 8 nitrogen and oxygen atoms in total. The summed E-state index contributed by atoms with van der Waals surface area (Å²) < 4.78 is 3.94. The topological polar surface area (TPSA) is 80.9 Å². The molecule has 0 saturated carbocycles. The van der Waals surface area contributed by atoms with Gasteiger partial charge in [-0.15, -0.1) is 0 Å². The highest BCUT2D eigenvalue weighted by Crippen LogP contribution is 2.27. The first-order chi connectivity index (χ1) is 11.9. The molecular weight excluding hydrogens is 318 g/mol. The van der Waals surface area contributed by atoms with Gasteiger partial charge in [0.1, 0.15) is 12.2 Å². The summed E-state index contributed by atoms with van der Waals surface area (Å²) in [6.07, 6.45) is 8.09. The van der Waals surface area contributed by atoms with Crippen LogP contribution in [0.1, 0.15) is 46.0 Å². The molecule has 1 saturated heterocycles. The van der Waals surface area contributed by atoms with Crippen molar-refractivity contribution in [3.05, 3.63) is 30.9 Å². The second-order valence-electron chi connectivity index (χ2n) is 7.71. The lowest BCUT2D eigenvalue weighted by atomic mass is 9.93. The summed E-state index contributed by atoms with van der Waals surface area (Å²) in [6, 6.07) is 0.209. The van der Waals surface area contributed by atoms with E-state index >= 15 is 0 Å². The Balaban J connectivity index is 1.61. The zero-order valence-electron chi connectivity index (χ0n) is 15.4. The minimum absolute atomic E-state index is 0.0551. The van der Waals surface area contributed by atoms with E-state index in [4.69, 9.17) is 0 Å². The second kappa shape index (κ2) is 6.85. The quantitative estimate of drug-likeness (QED) is 0.923. The van der Waals surface area contributed by atoms with E-state index < -0.39 is 0 Å². The standard InChI is InChI=1S/C17H27N7O/c1-13-5-7-22(10-14(13)23-8-6-18-12-23)16(25)19-9-15-20-11-21-24(15)17(2,3)4/h6,8,11-14H,5,7,9-10H2,1-4H3,(H,19,25). The fraction of sp³-hybridized carbons (Fsp3) is 0.647. The molecule has 0 bridgehead atoms. The van der Waals surface area contributed by atoms with Gasteiger partial charge in [0, 0.05) is 25.5 Å². The predicted octanol–water partition coefficient (Wildman–Crippen LogP) is 2.02. The third kappa shape index (κ3) is 3.83. The highest BCUT2D eigenvalue weighted by Gasteiger charge is 2.30. The number of imidazole rings is 1. The van der Waals surface area contributed by atoms with Crippen LogP contribution in [0, 0.1) is 5.92 Å². The molecule has 0 aliphatic carbocycles. The van der Waals surface area contributed by atoms with E-state index in [1.807, 2.05) is 22.1 Å². The maximum Gasteiger partial charge on any atom is 0.317 e. The number of nitrogens with zero attached hydrogens (tertiary/aromatic N) is 6. The van der Waals surface area contributed by atoms with E-state index in [0.717, 1.165) is 18.8 Å². The molecule has 2 aromatic heterocycles. The average Bonchev–Trinajstić information content (AvgIpc) is 3.24. The zero-order valence-corrected chi connectivity index (χ0v) is 15.4. The van der Waals surface area contributed by atoms with Crippen LogP contribution < -0.4 is 5.32 Å². The fourth-order valence-corrected chi connectivity index (χ4v) is 3.30. The van der Waals surface area contributed by atoms with Crippen molar-refractivity contribution in [2.75, 3.05) is 13.1 Å². The number of rotatable bonds is 3. The maximum absolute atomic E-state index is 12.6. The van der Waals surface area contributed by atoms with Crippen molar-refractivity contribution in [3.8, 4) is 0 Å². The van der Waals surface area contributed by atoms with Crippen LogP contribution in [0.25, 0.3) is 0 Å². The number of aromatic nitrogens is 5. The molecule has 0 spiro atoms. The van der Waals surface area contributed by atoms with Gasteiger partial charge in [-0.3, -0.25) is 0 Å². The molecule has 0 aromatic carbocycles. The van der Waals surface area contributed by atoms with Gasteiger partial charge < -0.3 is 14.8 Å². The monoisotopic (exact) mass is 345 g/mol. The molecule has 0 radical (unpaired) electrons. The van der Waals surface area contributed by atoms with Crippen molar-refractivity contribution < 1.29 is 4.79 Å². The largest absolute Gasteiger partial charge is 0.332 e. The molecule has 2 unspecified atom stereocenters. The lowest BCUT2D eigenvalue weighted by Gasteiger charge is -2.37. The van der Waals surface area contributed by atoms with Crippen LogP contribution in [-0.4, -0.2) is 48.3 Å². The Bertz CT molecular complexity index is 701. The minimum Gasteiger partial charge on any atom is -0.332 e. The third-order valence-electron chi connectivity index (χ3n) is 4.77. The van der Waals surface area contributed by atoms with Crippen LogP contribution in [0.3, 0.4) is 0 Å². The summed E-state index contributed by atoms with van der Waals surface area (Å²) in [5, 5.41) is 7.25. The van der Waals surface area contributed by atoms with Gasteiger partial charge in [-0.1, -0.05) is 6.92 Å². The van der Waals surface area contributed by atoms with E-state index in [9.17, 15) is 4.79 Å². The van der Waals surface area contributed by atoms with Crippen molar-refractivity contribution >= 4 is 6.03 Å². The van der Waals surface area contributed by atoms with E-state index in [2.05, 4.69) is 52.6 Å². The number of carbonyl (C=O) groups is 1. The maximum atomic E-state index is 12.6. The minimum atomic E-state index is -0.163. The number of likely N-dealkylation sites (tertiary alicyclic amines) is 1. The summed E-state index contributed by atoms with van der Waals surface area (Å²) in [5.74, 6) is 1.28. The van der Waals surface area contributed by atoms with Crippen molar-refractivity contribution in [1.82, 2.24) is 34.5 Å². The highest BCUT2D eigenvalue weighted by molar-refractivity contribution is 5.74. The molecule has 2 aromatic rings. The van der Waals surface area contributed by atoms with Crippen LogP contribution in [-0.2, 0) is 12.1 Å². The number of nitrogens with one attached hydrogen (secondary N) is 1. The Morgan fingerprint density at radius 1 is 1.40 bits per heavy atom. The lowest BCUT2D eigenvalue weighted by molar-refractivity contribution is 0.139. The Kier molecular flexibility index (Phi) is 4.78. The third-order valence-corrected chi connectivity index (χ3v) is 4.77. The van der Waals surface area contributed by atoms with E-state index in [-0.39, 0.29) is 17.6 Å². The summed E-state index contributed by atoms with van der Waals surface area (Å²) in [4.78, 5) is 22.9. The average molecular weight is 345 g/mol. The van der Waals surface area contributed by atoms with Gasteiger partial charge in [-0.25, -0.2) is 19.4 Å². The first kappa shape index (κ1) is 17.4. The van der Waals surface area contributed by atoms with Crippen molar-refractivity contribution in [2.45, 2.75) is 52.2 Å². The molecule has 25 heavy (non-hydrogen) atoms.